The molecule has 1 aliphatic rings. The summed E-state index contributed by atoms with van der Waals surface area (Å²) in [6, 6.07) is -0.269. The number of carbonyl (C=O) groups is 1. The van der Waals surface area contributed by atoms with Crippen molar-refractivity contribution in [2.75, 3.05) is 13.2 Å². The molecule has 1 aliphatic heterocycles. The van der Waals surface area contributed by atoms with Gasteiger partial charge in [0.25, 0.3) is 0 Å². The number of hydrogen-bond acceptors (Lipinski definition) is 7. The zero-order valence-electron chi connectivity index (χ0n) is 34.8. The SMILES string of the molecule is CCCCCC=CCCCCCCCCCCCCC(=O)N[C@@H](COC1OC(CO)C(O)C(O)C1O)[C@H](C)CCCCCCCCCCCCCCC. The molecular weight excluding hydrogens is 666 g/mol. The zero-order valence-corrected chi connectivity index (χ0v) is 34.8. The Morgan fingerprint density at radius 2 is 1.06 bits per heavy atom. The van der Waals surface area contributed by atoms with Crippen molar-refractivity contribution in [2.24, 2.45) is 5.92 Å². The van der Waals surface area contributed by atoms with Crippen molar-refractivity contribution in [1.29, 1.82) is 0 Å². The lowest BCUT2D eigenvalue weighted by molar-refractivity contribution is -0.302. The Hall–Kier alpha value is -1.03. The highest BCUT2D eigenvalue weighted by atomic mass is 16.7. The number of nitrogens with one attached hydrogen (secondary N) is 1. The Kier molecular flexibility index (Phi) is 33.4. The minimum Gasteiger partial charge on any atom is -0.394 e. The van der Waals surface area contributed by atoms with Gasteiger partial charge in [0.1, 0.15) is 24.4 Å². The Morgan fingerprint density at radius 1 is 0.623 bits per heavy atom. The van der Waals surface area contributed by atoms with E-state index in [-0.39, 0.29) is 24.5 Å². The fourth-order valence-electron chi connectivity index (χ4n) is 7.43. The second-order valence-corrected chi connectivity index (χ2v) is 16.3. The monoisotopic (exact) mass is 754 g/mol. The van der Waals surface area contributed by atoms with Gasteiger partial charge in [0.15, 0.2) is 6.29 Å². The first kappa shape index (κ1) is 50.0. The Labute approximate surface area is 326 Å². The Morgan fingerprint density at radius 3 is 1.57 bits per heavy atom. The highest BCUT2D eigenvalue weighted by Crippen LogP contribution is 2.24. The fourth-order valence-corrected chi connectivity index (χ4v) is 7.43. The van der Waals surface area contributed by atoms with Crippen LogP contribution in [0.15, 0.2) is 12.2 Å². The molecule has 1 fully saturated rings. The van der Waals surface area contributed by atoms with Crippen LogP contribution >= 0.6 is 0 Å². The van der Waals surface area contributed by atoms with E-state index in [0.29, 0.717) is 6.42 Å². The summed E-state index contributed by atoms with van der Waals surface area (Å²) in [6.07, 6.45) is 35.2. The normalized spacial score (nSPS) is 21.7. The summed E-state index contributed by atoms with van der Waals surface area (Å²) < 4.78 is 11.5. The fraction of sp³-hybridized carbons (Fsp3) is 0.933. The number of carbonyl (C=O) groups excluding carboxylic acids is 1. The lowest BCUT2D eigenvalue weighted by atomic mass is 9.94. The standard InChI is InChI=1S/C45H87NO7/c1-4-6-8-10-12-14-16-18-19-20-21-23-25-27-29-31-33-35-41(48)46-39(37-52-45-44(51)43(50)42(49)40(36-47)53-45)38(3)34-32-30-28-26-24-22-17-15-13-11-9-7-5-2/h12,14,38-40,42-45,47,49-51H,4-11,13,15-37H2,1-3H3,(H,46,48)/t38-,39+,40?,42?,43?,44?,45?/m1/s1. The molecule has 0 aromatic heterocycles. The van der Waals surface area contributed by atoms with Gasteiger partial charge in [-0.3, -0.25) is 4.79 Å². The van der Waals surface area contributed by atoms with Gasteiger partial charge in [-0.2, -0.15) is 0 Å². The summed E-state index contributed by atoms with van der Waals surface area (Å²) in [7, 11) is 0. The second-order valence-electron chi connectivity index (χ2n) is 16.3. The van der Waals surface area contributed by atoms with Crippen LogP contribution in [0.5, 0.6) is 0 Å². The largest absolute Gasteiger partial charge is 0.394 e. The van der Waals surface area contributed by atoms with E-state index in [2.05, 4.69) is 38.2 Å². The summed E-state index contributed by atoms with van der Waals surface area (Å²) in [5.41, 5.74) is 0. The van der Waals surface area contributed by atoms with E-state index < -0.39 is 37.3 Å². The third kappa shape index (κ3) is 26.5. The van der Waals surface area contributed by atoms with Crippen LogP contribution in [-0.4, -0.2) is 76.3 Å². The second kappa shape index (κ2) is 35.4. The Bertz CT molecular complexity index is 840. The van der Waals surface area contributed by atoms with E-state index in [9.17, 15) is 25.2 Å². The van der Waals surface area contributed by atoms with E-state index in [1.165, 1.54) is 154 Å². The van der Waals surface area contributed by atoms with Gasteiger partial charge < -0.3 is 35.2 Å². The first-order chi connectivity index (χ1) is 25.8. The molecule has 7 atom stereocenters. The molecule has 0 saturated carbocycles. The number of unbranched alkanes of at least 4 members (excludes halogenated alkanes) is 25. The number of aliphatic hydroxyl groups is 4. The van der Waals surface area contributed by atoms with E-state index in [1.54, 1.807) is 0 Å². The van der Waals surface area contributed by atoms with Crippen molar-refractivity contribution in [3.05, 3.63) is 12.2 Å². The topological polar surface area (TPSA) is 128 Å². The third-order valence-corrected chi connectivity index (χ3v) is 11.3. The summed E-state index contributed by atoms with van der Waals surface area (Å²) in [6.45, 7) is 6.27. The van der Waals surface area contributed by atoms with Gasteiger partial charge >= 0.3 is 0 Å². The molecule has 1 rings (SSSR count). The number of hydrogen-bond donors (Lipinski definition) is 5. The lowest BCUT2D eigenvalue weighted by Crippen LogP contribution is -2.59. The average Bonchev–Trinajstić information content (AvgIpc) is 3.16. The first-order valence-corrected chi connectivity index (χ1v) is 22.7. The van der Waals surface area contributed by atoms with Gasteiger partial charge in [-0.25, -0.2) is 0 Å². The molecular formula is C45H87NO7. The van der Waals surface area contributed by atoms with Crippen LogP contribution in [0.2, 0.25) is 0 Å². The molecule has 0 aliphatic carbocycles. The van der Waals surface area contributed by atoms with Crippen LogP contribution in [0.25, 0.3) is 0 Å². The summed E-state index contributed by atoms with van der Waals surface area (Å²) in [5, 5.41) is 43.6. The van der Waals surface area contributed by atoms with Gasteiger partial charge in [0, 0.05) is 6.42 Å². The van der Waals surface area contributed by atoms with Crippen molar-refractivity contribution in [3.63, 3.8) is 0 Å². The Balaban J connectivity index is 2.33. The minimum atomic E-state index is -1.49. The van der Waals surface area contributed by atoms with Crippen LogP contribution in [0.1, 0.15) is 213 Å². The van der Waals surface area contributed by atoms with Crippen LogP contribution in [-0.2, 0) is 14.3 Å². The summed E-state index contributed by atoms with van der Waals surface area (Å²) in [5.74, 6) is 0.170. The highest BCUT2D eigenvalue weighted by molar-refractivity contribution is 5.76. The molecule has 0 bridgehead atoms. The molecule has 0 radical (unpaired) electrons. The van der Waals surface area contributed by atoms with Gasteiger partial charge in [0.05, 0.1) is 19.3 Å². The molecule has 53 heavy (non-hydrogen) atoms. The molecule has 8 heteroatoms. The summed E-state index contributed by atoms with van der Waals surface area (Å²) >= 11 is 0. The van der Waals surface area contributed by atoms with E-state index in [1.807, 2.05) is 0 Å². The molecule has 5 N–H and O–H groups in total. The first-order valence-electron chi connectivity index (χ1n) is 22.7. The van der Waals surface area contributed by atoms with Crippen molar-refractivity contribution < 1.29 is 34.7 Å². The molecule has 8 nitrogen and oxygen atoms in total. The lowest BCUT2D eigenvalue weighted by Gasteiger charge is -2.40. The molecule has 0 aromatic rings. The molecule has 0 aromatic carbocycles. The van der Waals surface area contributed by atoms with E-state index in [4.69, 9.17) is 9.47 Å². The zero-order chi connectivity index (χ0) is 38.8. The van der Waals surface area contributed by atoms with Crippen LogP contribution in [0.3, 0.4) is 0 Å². The van der Waals surface area contributed by atoms with Gasteiger partial charge in [-0.1, -0.05) is 181 Å². The predicted octanol–water partition coefficient (Wildman–Crippen LogP) is 10.2. The number of amides is 1. The van der Waals surface area contributed by atoms with Crippen LogP contribution in [0.4, 0.5) is 0 Å². The molecule has 314 valence electrons. The number of rotatable bonds is 37. The smallest absolute Gasteiger partial charge is 0.220 e. The molecule has 1 heterocycles. The molecule has 1 amide bonds. The van der Waals surface area contributed by atoms with Crippen molar-refractivity contribution >= 4 is 5.91 Å². The van der Waals surface area contributed by atoms with Gasteiger partial charge in [-0.15, -0.1) is 0 Å². The van der Waals surface area contributed by atoms with Crippen LogP contribution in [0, 0.1) is 5.92 Å². The van der Waals surface area contributed by atoms with Gasteiger partial charge in [-0.05, 0) is 44.4 Å². The minimum absolute atomic E-state index is 0.0143. The molecule has 1 saturated heterocycles. The highest BCUT2D eigenvalue weighted by Gasteiger charge is 2.44. The third-order valence-electron chi connectivity index (χ3n) is 11.3. The molecule has 5 unspecified atom stereocenters. The maximum absolute atomic E-state index is 13.1. The number of aliphatic hydroxyl groups excluding tert-OH is 4. The summed E-state index contributed by atoms with van der Waals surface area (Å²) in [4.78, 5) is 13.1. The predicted molar refractivity (Wildman–Crippen MR) is 220 cm³/mol. The van der Waals surface area contributed by atoms with E-state index in [0.717, 1.165) is 32.1 Å². The van der Waals surface area contributed by atoms with E-state index >= 15 is 0 Å². The van der Waals surface area contributed by atoms with Crippen molar-refractivity contribution in [1.82, 2.24) is 5.32 Å². The average molecular weight is 754 g/mol. The van der Waals surface area contributed by atoms with Crippen molar-refractivity contribution in [3.8, 4) is 0 Å². The molecule has 0 spiro atoms. The maximum atomic E-state index is 13.1. The van der Waals surface area contributed by atoms with Crippen LogP contribution < -0.4 is 5.32 Å². The van der Waals surface area contributed by atoms with Crippen molar-refractivity contribution in [2.45, 2.75) is 250 Å². The maximum Gasteiger partial charge on any atom is 0.220 e. The van der Waals surface area contributed by atoms with Gasteiger partial charge in [0.2, 0.25) is 5.91 Å². The quantitative estimate of drug-likeness (QED) is 0.0316. The number of allylic oxidation sites excluding steroid dienone is 2. The number of ether oxygens (including phenoxy) is 2.